The smallest absolute Gasteiger partial charge is 0.411 e. The van der Waals surface area contributed by atoms with E-state index in [0.29, 0.717) is 31.7 Å². The van der Waals surface area contributed by atoms with E-state index in [-0.39, 0.29) is 24.2 Å². The fourth-order valence-corrected chi connectivity index (χ4v) is 4.28. The summed E-state index contributed by atoms with van der Waals surface area (Å²) >= 11 is 0. The number of carbonyl (C=O) groups excluding carboxylic acids is 1. The first kappa shape index (κ1) is 21.4. The Morgan fingerprint density at radius 1 is 1.23 bits per heavy atom. The summed E-state index contributed by atoms with van der Waals surface area (Å²) in [6.07, 6.45) is -3.01. The van der Waals surface area contributed by atoms with Crippen LogP contribution in [0.15, 0.2) is 30.6 Å². The predicted octanol–water partition coefficient (Wildman–Crippen LogP) is 3.41. The molecule has 0 bridgehead atoms. The van der Waals surface area contributed by atoms with Crippen LogP contribution in [-0.4, -0.2) is 57.0 Å². The van der Waals surface area contributed by atoms with Gasteiger partial charge < -0.3 is 15.0 Å². The number of carbonyl (C=O) groups is 1. The van der Waals surface area contributed by atoms with Crippen LogP contribution in [0.1, 0.15) is 32.2 Å². The Balaban J connectivity index is 1.34. The maximum atomic E-state index is 13.5. The first-order valence-corrected chi connectivity index (χ1v) is 10.2. The zero-order valence-corrected chi connectivity index (χ0v) is 16.8. The van der Waals surface area contributed by atoms with Crippen LogP contribution in [0, 0.1) is 11.7 Å². The fraction of sp³-hybridized carbons (Fsp3) is 0.550. The Hall–Kier alpha value is -2.85. The number of halogens is 4. The quantitative estimate of drug-likeness (QED) is 0.737. The van der Waals surface area contributed by atoms with Gasteiger partial charge in [-0.05, 0) is 56.4 Å². The molecular weight excluding hydrogens is 418 g/mol. The number of hydrogen-bond donors (Lipinski definition) is 1. The first-order valence-electron chi connectivity index (χ1n) is 10.2. The molecule has 0 saturated carbocycles. The van der Waals surface area contributed by atoms with E-state index in [1.54, 1.807) is 11.8 Å². The molecule has 1 amide bonds. The lowest BCUT2D eigenvalue weighted by atomic mass is 9.85. The van der Waals surface area contributed by atoms with Gasteiger partial charge in [0.15, 0.2) is 12.1 Å². The molecule has 0 unspecified atom stereocenters. The minimum absolute atomic E-state index is 0.0207. The van der Waals surface area contributed by atoms with Gasteiger partial charge in [-0.25, -0.2) is 9.07 Å². The molecular formula is C20H23F4N5O2. The number of rotatable bonds is 4. The highest BCUT2D eigenvalue weighted by Gasteiger charge is 2.48. The lowest BCUT2D eigenvalue weighted by Crippen LogP contribution is -2.49. The first-order chi connectivity index (χ1) is 14.7. The second-order valence-electron chi connectivity index (χ2n) is 7.95. The molecule has 3 heterocycles. The molecule has 7 nitrogen and oxygen atoms in total. The Kier molecular flexibility index (Phi) is 5.76. The van der Waals surface area contributed by atoms with Crippen LogP contribution in [0.2, 0.25) is 0 Å². The zero-order chi connectivity index (χ0) is 22.2. The van der Waals surface area contributed by atoms with E-state index in [9.17, 15) is 22.4 Å². The van der Waals surface area contributed by atoms with Crippen molar-refractivity contribution in [1.82, 2.24) is 19.7 Å². The van der Waals surface area contributed by atoms with Crippen molar-refractivity contribution in [3.05, 3.63) is 36.4 Å². The van der Waals surface area contributed by atoms with Gasteiger partial charge in [0.2, 0.25) is 5.95 Å². The largest absolute Gasteiger partial charge is 0.481 e. The highest BCUT2D eigenvalue weighted by Crippen LogP contribution is 2.41. The lowest BCUT2D eigenvalue weighted by Gasteiger charge is -2.40. The maximum Gasteiger partial charge on any atom is 0.411 e. The van der Waals surface area contributed by atoms with E-state index >= 15 is 0 Å². The molecule has 1 aromatic heterocycles. The van der Waals surface area contributed by atoms with E-state index in [1.165, 1.54) is 24.3 Å². The second-order valence-corrected chi connectivity index (χ2v) is 7.95. The van der Waals surface area contributed by atoms with Crippen LogP contribution in [0.25, 0.3) is 0 Å². The van der Waals surface area contributed by atoms with Crippen molar-refractivity contribution in [3.8, 4) is 5.75 Å². The fourth-order valence-electron chi connectivity index (χ4n) is 4.28. The predicted molar refractivity (Wildman–Crippen MR) is 103 cm³/mol. The molecule has 1 saturated heterocycles. The summed E-state index contributed by atoms with van der Waals surface area (Å²) < 4.78 is 60.0. The van der Waals surface area contributed by atoms with Crippen molar-refractivity contribution in [1.29, 1.82) is 0 Å². The maximum absolute atomic E-state index is 13.5. The summed E-state index contributed by atoms with van der Waals surface area (Å²) in [6, 6.07) is 3.31. The Labute approximate surface area is 176 Å². The molecule has 1 fully saturated rings. The van der Waals surface area contributed by atoms with Crippen LogP contribution >= 0.6 is 0 Å². The summed E-state index contributed by atoms with van der Waals surface area (Å²) in [7, 11) is 0. The van der Waals surface area contributed by atoms with Gasteiger partial charge in [-0.2, -0.15) is 23.3 Å². The van der Waals surface area contributed by atoms with E-state index in [4.69, 9.17) is 4.74 Å². The SMILES string of the molecule is C[C@@H](Oc1ccc(F)cc1)C(=O)N1CCC([C@@H]2C[C@H](C(F)(F)F)n3ncnc3N2)CC1. The molecule has 0 radical (unpaired) electrons. The number of nitrogens with zero attached hydrogens (tertiary/aromatic N) is 4. The van der Waals surface area contributed by atoms with Gasteiger partial charge in [0.05, 0.1) is 0 Å². The summed E-state index contributed by atoms with van der Waals surface area (Å²) in [4.78, 5) is 18.3. The number of fused-ring (bicyclic) bond motifs is 1. The van der Waals surface area contributed by atoms with Gasteiger partial charge in [0, 0.05) is 19.1 Å². The molecule has 168 valence electrons. The number of alkyl halides is 3. The molecule has 3 atom stereocenters. The van der Waals surface area contributed by atoms with Crippen molar-refractivity contribution < 1.29 is 27.1 Å². The molecule has 31 heavy (non-hydrogen) atoms. The van der Waals surface area contributed by atoms with Crippen molar-refractivity contribution in [3.63, 3.8) is 0 Å². The number of likely N-dealkylation sites (tertiary alicyclic amines) is 1. The molecule has 2 aliphatic rings. The van der Waals surface area contributed by atoms with Gasteiger partial charge in [-0.1, -0.05) is 0 Å². The van der Waals surface area contributed by atoms with Gasteiger partial charge in [0.1, 0.15) is 17.9 Å². The number of aromatic nitrogens is 3. The van der Waals surface area contributed by atoms with E-state index < -0.39 is 30.2 Å². The molecule has 1 N–H and O–H groups in total. The summed E-state index contributed by atoms with van der Waals surface area (Å²) in [5.41, 5.74) is 0. The number of hydrogen-bond acceptors (Lipinski definition) is 5. The number of anilines is 1. The Bertz CT molecular complexity index is 909. The van der Waals surface area contributed by atoms with Gasteiger partial charge >= 0.3 is 6.18 Å². The summed E-state index contributed by atoms with van der Waals surface area (Å²) in [6.45, 7) is 2.49. The van der Waals surface area contributed by atoms with Gasteiger partial charge in [0.25, 0.3) is 5.91 Å². The van der Waals surface area contributed by atoms with Crippen LogP contribution in [0.3, 0.4) is 0 Å². The molecule has 0 aliphatic carbocycles. The monoisotopic (exact) mass is 441 g/mol. The topological polar surface area (TPSA) is 72.3 Å². The minimum atomic E-state index is -4.41. The van der Waals surface area contributed by atoms with Crippen LogP contribution in [-0.2, 0) is 4.79 Å². The average molecular weight is 441 g/mol. The van der Waals surface area contributed by atoms with Crippen LogP contribution in [0.5, 0.6) is 5.75 Å². The Morgan fingerprint density at radius 3 is 2.55 bits per heavy atom. The van der Waals surface area contributed by atoms with E-state index in [0.717, 1.165) is 11.0 Å². The molecule has 4 rings (SSSR count). The van der Waals surface area contributed by atoms with Gasteiger partial charge in [-0.15, -0.1) is 0 Å². The third-order valence-corrected chi connectivity index (χ3v) is 5.93. The highest BCUT2D eigenvalue weighted by molar-refractivity contribution is 5.81. The van der Waals surface area contributed by atoms with Crippen LogP contribution < -0.4 is 10.1 Å². The zero-order valence-electron chi connectivity index (χ0n) is 16.8. The molecule has 1 aromatic carbocycles. The van der Waals surface area contributed by atoms with Gasteiger partial charge in [-0.3, -0.25) is 4.79 Å². The lowest BCUT2D eigenvalue weighted by molar-refractivity contribution is -0.174. The third kappa shape index (κ3) is 4.59. The summed E-state index contributed by atoms with van der Waals surface area (Å²) in [5.74, 6) is -0.0973. The summed E-state index contributed by atoms with van der Waals surface area (Å²) in [5, 5.41) is 6.80. The molecule has 2 aromatic rings. The van der Waals surface area contributed by atoms with Crippen LogP contribution in [0.4, 0.5) is 23.5 Å². The number of piperidine rings is 1. The third-order valence-electron chi connectivity index (χ3n) is 5.93. The molecule has 0 spiro atoms. The van der Waals surface area contributed by atoms with Crippen molar-refractivity contribution in [2.75, 3.05) is 18.4 Å². The van der Waals surface area contributed by atoms with Crippen molar-refractivity contribution in [2.24, 2.45) is 5.92 Å². The number of amides is 1. The Morgan fingerprint density at radius 2 is 1.90 bits per heavy atom. The number of benzene rings is 1. The highest BCUT2D eigenvalue weighted by atomic mass is 19.4. The van der Waals surface area contributed by atoms with E-state index in [1.807, 2.05) is 0 Å². The molecule has 11 heteroatoms. The normalized spacial score (nSPS) is 23.1. The number of ether oxygens (including phenoxy) is 1. The standard InChI is InChI=1S/C20H23F4N5O2/c1-12(31-15-4-2-14(21)3-5-15)18(30)28-8-6-13(7-9-28)16-10-17(20(22,23)24)29-19(27-16)25-11-26-29/h2-5,11-13,16-17H,6-10H2,1H3,(H,25,26,27)/t12-,16+,17-/m1/s1. The van der Waals surface area contributed by atoms with E-state index in [2.05, 4.69) is 15.4 Å². The second kappa shape index (κ2) is 8.35. The molecule has 2 aliphatic heterocycles. The van der Waals surface area contributed by atoms with Crippen molar-refractivity contribution >= 4 is 11.9 Å². The minimum Gasteiger partial charge on any atom is -0.481 e. The van der Waals surface area contributed by atoms with Crippen molar-refractivity contribution in [2.45, 2.75) is 50.6 Å². The average Bonchev–Trinajstić information content (AvgIpc) is 3.22. The number of nitrogens with one attached hydrogen (secondary N) is 1.